The Bertz CT molecular complexity index is 990. The molecule has 0 aromatic carbocycles. The molecule has 0 aromatic heterocycles. The molecule has 0 heterocycles. The summed E-state index contributed by atoms with van der Waals surface area (Å²) in [5, 5.41) is 0. The second-order valence-electron chi connectivity index (χ2n) is 27.7. The van der Waals surface area contributed by atoms with Crippen molar-refractivity contribution in [3.63, 3.8) is 0 Å². The van der Waals surface area contributed by atoms with E-state index in [9.17, 15) is 0 Å². The third-order valence-corrected chi connectivity index (χ3v) is 19.7. The summed E-state index contributed by atoms with van der Waals surface area (Å²) in [6.45, 7) is 2.32. The van der Waals surface area contributed by atoms with Crippen molar-refractivity contribution < 1.29 is 0 Å². The maximum Gasteiger partial charge on any atom is -0.0414 e. The minimum Gasteiger partial charge on any atom is -0.0654 e. The first-order valence-corrected chi connectivity index (χ1v) is 38.9. The van der Waals surface area contributed by atoms with Gasteiger partial charge in [0.25, 0.3) is 0 Å². The Hall–Kier alpha value is 0. The summed E-state index contributed by atoms with van der Waals surface area (Å²) >= 11 is 0. The predicted molar refractivity (Wildman–Crippen MR) is 360 cm³/mol. The average Bonchev–Trinajstić information content (AvgIpc) is 3.46. The standard InChI is InChI=1S/C78H156/c1-2-3-4-5-6-7-8-9-10-11-12-13-14-15-16-17-18-19-20-21-22-23-24-25-26-27-28-29-30-31-32-33-34-35-36-37-38-39-40-41-42-43-44-45-46-47-48-49-50-51-52-53-54-55-56-57-58-59-60-61-62-63-64-65-66-67-68-69-70-72-75-78-76-73-71-74-77-78/h78H,2-77H2,1H3. The van der Waals surface area contributed by atoms with Crippen LogP contribution in [-0.4, -0.2) is 0 Å². The topological polar surface area (TPSA) is 0 Å². The van der Waals surface area contributed by atoms with Gasteiger partial charge in [0, 0.05) is 0 Å². The Morgan fingerprint density at radius 2 is 0.256 bits per heavy atom. The van der Waals surface area contributed by atoms with Crippen LogP contribution in [0, 0.1) is 5.92 Å². The number of unbranched alkanes of at least 4 members (excludes halogenated alkanes) is 69. The first-order valence-electron chi connectivity index (χ1n) is 38.9. The second kappa shape index (κ2) is 71.3. The van der Waals surface area contributed by atoms with E-state index in [1.807, 2.05) is 0 Å². The Morgan fingerprint density at radius 3 is 0.385 bits per heavy atom. The summed E-state index contributed by atoms with van der Waals surface area (Å²) in [6.07, 6.45) is 114. The molecule has 0 aliphatic heterocycles. The van der Waals surface area contributed by atoms with Crippen LogP contribution in [0.5, 0.6) is 0 Å². The zero-order valence-electron chi connectivity index (χ0n) is 55.3. The van der Waals surface area contributed by atoms with E-state index in [4.69, 9.17) is 0 Å². The lowest BCUT2D eigenvalue weighted by Gasteiger charge is -2.21. The highest BCUT2D eigenvalue weighted by molar-refractivity contribution is 4.66. The summed E-state index contributed by atoms with van der Waals surface area (Å²) in [7, 11) is 0. The molecule has 0 atom stereocenters. The molecule has 1 saturated carbocycles. The molecule has 0 spiro atoms. The van der Waals surface area contributed by atoms with Gasteiger partial charge in [-0.25, -0.2) is 0 Å². The molecule has 0 radical (unpaired) electrons. The van der Waals surface area contributed by atoms with Gasteiger partial charge < -0.3 is 0 Å². The SMILES string of the molecule is CCCCCCCCCCCCCCCCCCCCCCCCCCCCCCCCCCCCCCCCCCCCCCCCCCCCCCCCCCCCCCCCCCCCCCCCC1CCCCC1. The summed E-state index contributed by atoms with van der Waals surface area (Å²) in [5.41, 5.74) is 0. The number of hydrogen-bond acceptors (Lipinski definition) is 0. The van der Waals surface area contributed by atoms with Gasteiger partial charge in [-0.1, -0.05) is 495 Å². The van der Waals surface area contributed by atoms with Gasteiger partial charge in [-0.3, -0.25) is 0 Å². The molecule has 0 unspecified atom stereocenters. The maximum atomic E-state index is 2.32. The molecule has 0 nitrogen and oxygen atoms in total. The minimum atomic E-state index is 1.10. The van der Waals surface area contributed by atoms with Gasteiger partial charge >= 0.3 is 0 Å². The Morgan fingerprint density at radius 1 is 0.141 bits per heavy atom. The molecule has 0 amide bonds. The zero-order valence-corrected chi connectivity index (χ0v) is 55.3. The summed E-state index contributed by atoms with van der Waals surface area (Å²) < 4.78 is 0. The van der Waals surface area contributed by atoms with Crippen molar-refractivity contribution in [1.29, 1.82) is 0 Å². The average molecular weight is 1090 g/mol. The lowest BCUT2D eigenvalue weighted by molar-refractivity contribution is 0.328. The van der Waals surface area contributed by atoms with Crippen LogP contribution in [0.15, 0.2) is 0 Å². The fourth-order valence-corrected chi connectivity index (χ4v) is 14.0. The number of hydrogen-bond donors (Lipinski definition) is 0. The van der Waals surface area contributed by atoms with E-state index in [0.717, 1.165) is 5.92 Å². The molecule has 0 heteroatoms. The van der Waals surface area contributed by atoms with Crippen LogP contribution in [0.1, 0.15) is 495 Å². The van der Waals surface area contributed by atoms with Gasteiger partial charge in [0.05, 0.1) is 0 Å². The van der Waals surface area contributed by atoms with Crippen molar-refractivity contribution in [3.05, 3.63) is 0 Å². The molecular weight excluding hydrogens is 937 g/mol. The lowest BCUT2D eigenvalue weighted by atomic mass is 9.85. The molecule has 1 fully saturated rings. The van der Waals surface area contributed by atoms with Crippen molar-refractivity contribution in [3.8, 4) is 0 Å². The molecule has 1 aliphatic rings. The van der Waals surface area contributed by atoms with E-state index in [1.54, 1.807) is 19.3 Å². The zero-order chi connectivity index (χ0) is 55.3. The quantitative estimate of drug-likeness (QED) is 0.0533. The summed E-state index contributed by atoms with van der Waals surface area (Å²) in [4.78, 5) is 0. The molecule has 0 saturated heterocycles. The van der Waals surface area contributed by atoms with E-state index in [-0.39, 0.29) is 0 Å². The Balaban J connectivity index is 1.58. The van der Waals surface area contributed by atoms with E-state index in [0.29, 0.717) is 0 Å². The van der Waals surface area contributed by atoms with Crippen LogP contribution in [0.25, 0.3) is 0 Å². The second-order valence-corrected chi connectivity index (χ2v) is 27.7. The minimum absolute atomic E-state index is 1.10. The number of rotatable bonds is 71. The third kappa shape index (κ3) is 66.8. The van der Waals surface area contributed by atoms with Crippen LogP contribution < -0.4 is 0 Å². The lowest BCUT2D eigenvalue weighted by Crippen LogP contribution is -2.05. The summed E-state index contributed by atoms with van der Waals surface area (Å²) in [6, 6.07) is 0. The van der Waals surface area contributed by atoms with Crippen molar-refractivity contribution >= 4 is 0 Å². The predicted octanol–water partition coefficient (Wildman–Crippen LogP) is 30.3. The van der Waals surface area contributed by atoms with Gasteiger partial charge in [-0.2, -0.15) is 0 Å². The monoisotopic (exact) mass is 1090 g/mol. The van der Waals surface area contributed by atoms with E-state index < -0.39 is 0 Å². The Labute approximate surface area is 498 Å². The van der Waals surface area contributed by atoms with Crippen LogP contribution in [0.2, 0.25) is 0 Å². The highest BCUT2D eigenvalue weighted by Crippen LogP contribution is 2.28. The normalized spacial score (nSPS) is 13.2. The van der Waals surface area contributed by atoms with E-state index >= 15 is 0 Å². The van der Waals surface area contributed by atoms with Crippen molar-refractivity contribution in [2.24, 2.45) is 5.92 Å². The van der Waals surface area contributed by atoms with Crippen LogP contribution in [0.4, 0.5) is 0 Å². The van der Waals surface area contributed by atoms with Gasteiger partial charge in [-0.15, -0.1) is 0 Å². The fourth-order valence-electron chi connectivity index (χ4n) is 14.0. The molecule has 0 N–H and O–H groups in total. The Kier molecular flexibility index (Phi) is 69.4. The molecule has 78 heavy (non-hydrogen) atoms. The molecule has 1 aliphatic carbocycles. The fraction of sp³-hybridized carbons (Fsp3) is 1.00. The summed E-state index contributed by atoms with van der Waals surface area (Å²) in [5.74, 6) is 1.10. The molecule has 0 aromatic rings. The smallest absolute Gasteiger partial charge is 0.0414 e. The highest BCUT2D eigenvalue weighted by Gasteiger charge is 2.12. The van der Waals surface area contributed by atoms with Gasteiger partial charge in [0.15, 0.2) is 0 Å². The van der Waals surface area contributed by atoms with Crippen molar-refractivity contribution in [1.82, 2.24) is 0 Å². The first-order chi connectivity index (χ1) is 38.9. The van der Waals surface area contributed by atoms with Gasteiger partial charge in [0.2, 0.25) is 0 Å². The highest BCUT2D eigenvalue weighted by atomic mass is 14.2. The molecule has 0 bridgehead atoms. The first kappa shape index (κ1) is 76.0. The van der Waals surface area contributed by atoms with Crippen molar-refractivity contribution in [2.75, 3.05) is 0 Å². The molecular formula is C78H156. The molecule has 468 valence electrons. The third-order valence-electron chi connectivity index (χ3n) is 19.7. The molecule has 1 rings (SSSR count). The van der Waals surface area contributed by atoms with Crippen molar-refractivity contribution in [2.45, 2.75) is 495 Å². The largest absolute Gasteiger partial charge is 0.0654 e. The maximum absolute atomic E-state index is 2.32. The van der Waals surface area contributed by atoms with Crippen LogP contribution >= 0.6 is 0 Å². The van der Waals surface area contributed by atoms with Gasteiger partial charge in [-0.05, 0) is 5.92 Å². The van der Waals surface area contributed by atoms with Crippen LogP contribution in [-0.2, 0) is 0 Å². The van der Waals surface area contributed by atoms with E-state index in [2.05, 4.69) is 6.92 Å². The van der Waals surface area contributed by atoms with Crippen LogP contribution in [0.3, 0.4) is 0 Å². The van der Waals surface area contributed by atoms with E-state index in [1.165, 1.54) is 469 Å². The van der Waals surface area contributed by atoms with Gasteiger partial charge in [0.1, 0.15) is 0 Å².